The van der Waals surface area contributed by atoms with Crippen LogP contribution >= 0.6 is 18.7 Å². The van der Waals surface area contributed by atoms with E-state index in [4.69, 9.17) is 11.6 Å². The molecular formula is C22H25ClN5OP. The van der Waals surface area contributed by atoms with E-state index in [9.17, 15) is 4.57 Å². The fourth-order valence-electron chi connectivity index (χ4n) is 3.60. The SMILES string of the molecule is Cc1cc2c(cc1Nc1ncc(Cl)c(Nc3ccccc3P(C)(C)=O)n1)CNCC2. The van der Waals surface area contributed by atoms with Gasteiger partial charge in [0.05, 0.1) is 11.9 Å². The molecular weight excluding hydrogens is 417 g/mol. The molecule has 0 bridgehead atoms. The molecule has 2 heterocycles. The molecule has 3 N–H and O–H groups in total. The van der Waals surface area contributed by atoms with Crippen molar-refractivity contribution >= 4 is 47.2 Å². The van der Waals surface area contributed by atoms with E-state index < -0.39 is 7.14 Å². The molecule has 0 amide bonds. The molecule has 0 radical (unpaired) electrons. The molecule has 0 spiro atoms. The van der Waals surface area contributed by atoms with Crippen molar-refractivity contribution in [3.63, 3.8) is 0 Å². The summed E-state index contributed by atoms with van der Waals surface area (Å²) in [6.45, 7) is 7.45. The predicted molar refractivity (Wildman–Crippen MR) is 126 cm³/mol. The molecule has 0 fully saturated rings. The Kier molecular flexibility index (Phi) is 5.83. The van der Waals surface area contributed by atoms with Crippen molar-refractivity contribution in [2.24, 2.45) is 0 Å². The van der Waals surface area contributed by atoms with Gasteiger partial charge in [0.2, 0.25) is 5.95 Å². The summed E-state index contributed by atoms with van der Waals surface area (Å²) in [4.78, 5) is 8.90. The molecule has 30 heavy (non-hydrogen) atoms. The second kappa shape index (κ2) is 8.38. The smallest absolute Gasteiger partial charge is 0.229 e. The largest absolute Gasteiger partial charge is 0.338 e. The molecule has 8 heteroatoms. The first-order valence-corrected chi connectivity index (χ1v) is 12.8. The molecule has 4 rings (SSSR count). The molecule has 156 valence electrons. The van der Waals surface area contributed by atoms with Gasteiger partial charge in [0.15, 0.2) is 5.82 Å². The highest BCUT2D eigenvalue weighted by atomic mass is 35.5. The van der Waals surface area contributed by atoms with Gasteiger partial charge < -0.3 is 20.5 Å². The van der Waals surface area contributed by atoms with Gasteiger partial charge in [-0.2, -0.15) is 4.98 Å². The Morgan fingerprint density at radius 1 is 1.10 bits per heavy atom. The molecule has 2 aromatic carbocycles. The van der Waals surface area contributed by atoms with Crippen molar-refractivity contribution in [3.05, 3.63) is 64.3 Å². The van der Waals surface area contributed by atoms with Crippen LogP contribution in [0.4, 0.5) is 23.1 Å². The van der Waals surface area contributed by atoms with Crippen LogP contribution in [0, 0.1) is 6.92 Å². The summed E-state index contributed by atoms with van der Waals surface area (Å²) < 4.78 is 12.7. The van der Waals surface area contributed by atoms with Gasteiger partial charge in [0.25, 0.3) is 0 Å². The summed E-state index contributed by atoms with van der Waals surface area (Å²) in [5, 5.41) is 11.1. The van der Waals surface area contributed by atoms with Crippen LogP contribution in [0.2, 0.25) is 5.02 Å². The lowest BCUT2D eigenvalue weighted by atomic mass is 9.97. The second-order valence-corrected chi connectivity index (χ2v) is 11.5. The fourth-order valence-corrected chi connectivity index (χ4v) is 4.90. The van der Waals surface area contributed by atoms with Crippen LogP contribution in [-0.4, -0.2) is 29.8 Å². The number of aromatic nitrogens is 2. The average Bonchev–Trinajstić information content (AvgIpc) is 2.70. The molecule has 1 aromatic heterocycles. The van der Waals surface area contributed by atoms with Crippen molar-refractivity contribution in [1.82, 2.24) is 15.3 Å². The van der Waals surface area contributed by atoms with Crippen LogP contribution in [0.25, 0.3) is 0 Å². The number of halogens is 1. The summed E-state index contributed by atoms with van der Waals surface area (Å²) in [6, 6.07) is 11.9. The summed E-state index contributed by atoms with van der Waals surface area (Å²) in [5.74, 6) is 0.912. The molecule has 6 nitrogen and oxygen atoms in total. The lowest BCUT2D eigenvalue weighted by molar-refractivity contribution is 0.588. The lowest BCUT2D eigenvalue weighted by Gasteiger charge is -2.20. The van der Waals surface area contributed by atoms with Crippen LogP contribution < -0.4 is 21.3 Å². The maximum absolute atomic E-state index is 12.7. The number of anilines is 4. The normalized spacial score (nSPS) is 13.6. The van der Waals surface area contributed by atoms with Crippen molar-refractivity contribution in [2.45, 2.75) is 19.9 Å². The number of aryl methyl sites for hydroxylation is 1. The minimum Gasteiger partial charge on any atom is -0.338 e. The topological polar surface area (TPSA) is 78.9 Å². The monoisotopic (exact) mass is 441 g/mol. The summed E-state index contributed by atoms with van der Waals surface area (Å²) in [5.41, 5.74) is 5.52. The van der Waals surface area contributed by atoms with Gasteiger partial charge in [0.1, 0.15) is 12.2 Å². The number of fused-ring (bicyclic) bond motifs is 1. The van der Waals surface area contributed by atoms with Gasteiger partial charge >= 0.3 is 0 Å². The Morgan fingerprint density at radius 2 is 1.90 bits per heavy atom. The third-order valence-corrected chi connectivity index (χ3v) is 6.99. The lowest BCUT2D eigenvalue weighted by Crippen LogP contribution is -2.23. The van der Waals surface area contributed by atoms with Crippen LogP contribution in [-0.2, 0) is 17.5 Å². The summed E-state index contributed by atoms with van der Waals surface area (Å²) >= 11 is 6.35. The van der Waals surface area contributed by atoms with Crippen LogP contribution in [0.3, 0.4) is 0 Å². The van der Waals surface area contributed by atoms with Gasteiger partial charge in [-0.1, -0.05) is 29.8 Å². The molecule has 0 aliphatic carbocycles. The van der Waals surface area contributed by atoms with Gasteiger partial charge in [-0.3, -0.25) is 0 Å². The average molecular weight is 442 g/mol. The number of benzene rings is 2. The van der Waals surface area contributed by atoms with Crippen molar-refractivity contribution in [3.8, 4) is 0 Å². The van der Waals surface area contributed by atoms with Crippen molar-refractivity contribution in [2.75, 3.05) is 30.5 Å². The maximum atomic E-state index is 12.7. The molecule has 0 saturated carbocycles. The zero-order chi connectivity index (χ0) is 21.3. The quantitative estimate of drug-likeness (QED) is 0.493. The number of hydrogen-bond acceptors (Lipinski definition) is 6. The van der Waals surface area contributed by atoms with E-state index in [1.54, 1.807) is 19.5 Å². The first-order chi connectivity index (χ1) is 14.3. The van der Waals surface area contributed by atoms with Crippen molar-refractivity contribution < 1.29 is 4.57 Å². The maximum Gasteiger partial charge on any atom is 0.229 e. The minimum absolute atomic E-state index is 0.392. The Balaban J connectivity index is 1.63. The van der Waals surface area contributed by atoms with Crippen molar-refractivity contribution in [1.29, 1.82) is 0 Å². The standard InChI is InChI=1S/C22H25ClN5OP/c1-14-10-15-8-9-24-12-16(15)11-19(14)27-22-25-13-17(23)21(28-22)26-18-6-4-5-7-20(18)30(2,3)29/h4-7,10-11,13,24H,8-9,12H2,1-3H3,(H2,25,26,27,28). The van der Waals surface area contributed by atoms with E-state index in [1.807, 2.05) is 24.3 Å². The number of rotatable bonds is 5. The van der Waals surface area contributed by atoms with Gasteiger partial charge in [-0.25, -0.2) is 4.98 Å². The Bertz CT molecular complexity index is 1140. The van der Waals surface area contributed by atoms with Gasteiger partial charge in [-0.15, -0.1) is 0 Å². The highest BCUT2D eigenvalue weighted by Crippen LogP contribution is 2.38. The number of hydrogen-bond donors (Lipinski definition) is 3. The van der Waals surface area contributed by atoms with E-state index in [-0.39, 0.29) is 0 Å². The zero-order valence-corrected chi connectivity index (χ0v) is 18.9. The van der Waals surface area contributed by atoms with E-state index >= 15 is 0 Å². The number of nitrogens with one attached hydrogen (secondary N) is 3. The predicted octanol–water partition coefficient (Wildman–Crippen LogP) is 4.82. The number of para-hydroxylation sites is 1. The highest BCUT2D eigenvalue weighted by molar-refractivity contribution is 7.70. The first kappa shape index (κ1) is 20.9. The van der Waals surface area contributed by atoms with E-state index in [0.717, 1.165) is 41.8 Å². The Hall–Kier alpha value is -2.40. The van der Waals surface area contributed by atoms with E-state index in [1.165, 1.54) is 11.1 Å². The summed E-state index contributed by atoms with van der Waals surface area (Å²) in [6.07, 6.45) is 2.61. The molecule has 0 atom stereocenters. The minimum atomic E-state index is -2.46. The third-order valence-electron chi connectivity index (χ3n) is 5.16. The van der Waals surface area contributed by atoms with E-state index in [0.29, 0.717) is 16.8 Å². The van der Waals surface area contributed by atoms with Gasteiger partial charge in [0, 0.05) is 17.5 Å². The molecule has 1 aliphatic rings. The van der Waals surface area contributed by atoms with Crippen LogP contribution in [0.1, 0.15) is 16.7 Å². The van der Waals surface area contributed by atoms with Gasteiger partial charge in [-0.05, 0) is 68.1 Å². The Labute approximate surface area is 181 Å². The Morgan fingerprint density at radius 3 is 2.70 bits per heavy atom. The zero-order valence-electron chi connectivity index (χ0n) is 17.3. The summed E-state index contributed by atoms with van der Waals surface area (Å²) in [7, 11) is -2.46. The number of nitrogens with zero attached hydrogens (tertiary/aromatic N) is 2. The van der Waals surface area contributed by atoms with Crippen LogP contribution in [0.15, 0.2) is 42.6 Å². The second-order valence-electron chi connectivity index (χ2n) is 7.87. The first-order valence-electron chi connectivity index (χ1n) is 9.85. The fraction of sp³-hybridized carbons (Fsp3) is 0.273. The molecule has 0 unspecified atom stereocenters. The third kappa shape index (κ3) is 4.51. The molecule has 1 aliphatic heterocycles. The van der Waals surface area contributed by atoms with E-state index in [2.05, 4.69) is 45.0 Å². The highest BCUT2D eigenvalue weighted by Gasteiger charge is 2.17. The molecule has 0 saturated heterocycles. The van der Waals surface area contributed by atoms with Crippen LogP contribution in [0.5, 0.6) is 0 Å². The molecule has 3 aromatic rings.